The van der Waals surface area contributed by atoms with Crippen molar-refractivity contribution in [1.82, 2.24) is 0 Å². The van der Waals surface area contributed by atoms with Crippen LogP contribution in [0.1, 0.15) is 39.0 Å². The van der Waals surface area contributed by atoms with Crippen LogP contribution < -0.4 is 0 Å². The van der Waals surface area contributed by atoms with E-state index in [1.807, 2.05) is 0 Å². The fraction of sp³-hybridized carbons (Fsp3) is 0.818. The second-order valence-corrected chi connectivity index (χ2v) is 11.2. The molecule has 0 aromatic carbocycles. The molecule has 0 unspecified atom stereocenters. The van der Waals surface area contributed by atoms with Crippen LogP contribution in [0, 0.1) is 0 Å². The largest absolute Gasteiger partial charge is 0.167 e. The maximum Gasteiger partial charge on any atom is 0.154 e. The van der Waals surface area contributed by atoms with Crippen molar-refractivity contribution >= 4 is 18.5 Å². The zero-order valence-corrected chi connectivity index (χ0v) is 11.0. The molecule has 0 spiro atoms. The molecule has 0 rings (SSSR count). The first-order chi connectivity index (χ1) is 6.06. The minimum absolute atomic E-state index is 1.11. The normalized spacial score (nSPS) is 12.6. The molecule has 0 saturated carbocycles. The highest BCUT2D eigenvalue weighted by molar-refractivity contribution is 7.19. The predicted octanol–water partition coefficient (Wildman–Crippen LogP) is 4.96. The SMILES string of the molecule is CCCCCC/C=C/C[Si](C)(C)Cl. The van der Waals surface area contributed by atoms with Gasteiger partial charge in [-0.1, -0.05) is 51.4 Å². The van der Waals surface area contributed by atoms with Gasteiger partial charge in [0.1, 0.15) is 0 Å². The number of hydrogen-bond donors (Lipinski definition) is 0. The van der Waals surface area contributed by atoms with Crippen LogP contribution in [0.2, 0.25) is 19.1 Å². The van der Waals surface area contributed by atoms with Gasteiger partial charge in [0.2, 0.25) is 0 Å². The molecular formula is C11H23ClSi. The first-order valence-corrected chi connectivity index (χ1v) is 9.62. The Balaban J connectivity index is 3.22. The van der Waals surface area contributed by atoms with E-state index < -0.39 is 7.38 Å². The Labute approximate surface area is 89.1 Å². The number of hydrogen-bond acceptors (Lipinski definition) is 0. The van der Waals surface area contributed by atoms with E-state index in [2.05, 4.69) is 32.2 Å². The Morgan fingerprint density at radius 3 is 2.31 bits per heavy atom. The van der Waals surface area contributed by atoms with Crippen LogP contribution >= 0.6 is 11.1 Å². The Morgan fingerprint density at radius 1 is 1.08 bits per heavy atom. The van der Waals surface area contributed by atoms with Crippen LogP contribution in [0.3, 0.4) is 0 Å². The van der Waals surface area contributed by atoms with Crippen LogP contribution in [0.25, 0.3) is 0 Å². The average Bonchev–Trinajstić information content (AvgIpc) is 2.01. The summed E-state index contributed by atoms with van der Waals surface area (Å²) in [4.78, 5) is 0. The van der Waals surface area contributed by atoms with Crippen molar-refractivity contribution in [3.63, 3.8) is 0 Å². The lowest BCUT2D eigenvalue weighted by atomic mass is 10.1. The van der Waals surface area contributed by atoms with Crippen molar-refractivity contribution in [3.05, 3.63) is 12.2 Å². The summed E-state index contributed by atoms with van der Waals surface area (Å²) < 4.78 is 0. The third kappa shape index (κ3) is 12.2. The minimum atomic E-state index is -1.35. The van der Waals surface area contributed by atoms with E-state index in [-0.39, 0.29) is 0 Å². The van der Waals surface area contributed by atoms with E-state index in [1.165, 1.54) is 32.1 Å². The van der Waals surface area contributed by atoms with Crippen molar-refractivity contribution in [2.24, 2.45) is 0 Å². The second kappa shape index (κ2) is 7.63. The van der Waals surface area contributed by atoms with Crippen molar-refractivity contribution in [3.8, 4) is 0 Å². The van der Waals surface area contributed by atoms with Crippen LogP contribution in [-0.4, -0.2) is 7.38 Å². The fourth-order valence-corrected chi connectivity index (χ4v) is 2.16. The van der Waals surface area contributed by atoms with Gasteiger partial charge in [0.05, 0.1) is 0 Å². The summed E-state index contributed by atoms with van der Waals surface area (Å²) in [6.45, 7) is 6.63. The van der Waals surface area contributed by atoms with Gasteiger partial charge in [-0.3, -0.25) is 0 Å². The zero-order valence-electron chi connectivity index (χ0n) is 9.28. The molecule has 0 nitrogen and oxygen atoms in total. The van der Waals surface area contributed by atoms with Gasteiger partial charge in [-0.2, -0.15) is 11.1 Å². The average molecular weight is 219 g/mol. The molecule has 13 heavy (non-hydrogen) atoms. The molecule has 0 aromatic heterocycles. The van der Waals surface area contributed by atoms with Crippen LogP contribution in [0.15, 0.2) is 12.2 Å². The third-order valence-corrected chi connectivity index (χ3v) is 3.66. The zero-order chi connectivity index (χ0) is 10.2. The molecule has 0 fully saturated rings. The standard InChI is InChI=1S/C11H23ClSi/c1-4-5-6-7-8-9-10-11-13(2,3)12/h9-10H,4-8,11H2,1-3H3/b10-9+. The Morgan fingerprint density at radius 2 is 1.77 bits per heavy atom. The summed E-state index contributed by atoms with van der Waals surface area (Å²) in [6, 6.07) is 1.11. The summed E-state index contributed by atoms with van der Waals surface area (Å²) in [7, 11) is -1.35. The van der Waals surface area contributed by atoms with E-state index in [0.29, 0.717) is 0 Å². The van der Waals surface area contributed by atoms with Gasteiger partial charge in [-0.25, -0.2) is 0 Å². The van der Waals surface area contributed by atoms with Crippen LogP contribution in [-0.2, 0) is 0 Å². The van der Waals surface area contributed by atoms with Crippen molar-refractivity contribution in [1.29, 1.82) is 0 Å². The van der Waals surface area contributed by atoms with Gasteiger partial charge < -0.3 is 0 Å². The van der Waals surface area contributed by atoms with E-state index in [9.17, 15) is 0 Å². The quantitative estimate of drug-likeness (QED) is 0.245. The molecule has 0 aromatic rings. The van der Waals surface area contributed by atoms with Gasteiger partial charge >= 0.3 is 0 Å². The summed E-state index contributed by atoms with van der Waals surface area (Å²) >= 11 is 6.18. The highest BCUT2D eigenvalue weighted by Gasteiger charge is 2.13. The number of allylic oxidation sites excluding steroid dienone is 2. The van der Waals surface area contributed by atoms with Crippen LogP contribution in [0.5, 0.6) is 0 Å². The highest BCUT2D eigenvalue weighted by Crippen LogP contribution is 2.14. The summed E-state index contributed by atoms with van der Waals surface area (Å²) in [5.41, 5.74) is 0. The molecule has 78 valence electrons. The minimum Gasteiger partial charge on any atom is -0.167 e. The third-order valence-electron chi connectivity index (χ3n) is 1.99. The molecule has 0 heterocycles. The highest BCUT2D eigenvalue weighted by atomic mass is 35.6. The van der Waals surface area contributed by atoms with E-state index in [1.54, 1.807) is 0 Å². The van der Waals surface area contributed by atoms with Gasteiger partial charge in [0, 0.05) is 0 Å². The fourth-order valence-electron chi connectivity index (χ4n) is 1.17. The monoisotopic (exact) mass is 218 g/mol. The molecule has 0 aliphatic rings. The number of rotatable bonds is 7. The molecule has 0 bridgehead atoms. The molecular weight excluding hydrogens is 196 g/mol. The smallest absolute Gasteiger partial charge is 0.154 e. The number of unbranched alkanes of at least 4 members (excludes halogenated alkanes) is 4. The van der Waals surface area contributed by atoms with Gasteiger partial charge in [-0.05, 0) is 18.9 Å². The van der Waals surface area contributed by atoms with E-state index >= 15 is 0 Å². The Bertz CT molecular complexity index is 136. The lowest BCUT2D eigenvalue weighted by Gasteiger charge is -2.07. The Kier molecular flexibility index (Phi) is 7.78. The topological polar surface area (TPSA) is 0 Å². The maximum absolute atomic E-state index is 6.18. The van der Waals surface area contributed by atoms with Gasteiger partial charge in [0.25, 0.3) is 0 Å². The van der Waals surface area contributed by atoms with Gasteiger partial charge in [0.15, 0.2) is 7.38 Å². The molecule has 0 atom stereocenters. The molecule has 0 N–H and O–H groups in total. The number of halogens is 1. The lowest BCUT2D eigenvalue weighted by Crippen LogP contribution is -2.13. The molecule has 0 aliphatic carbocycles. The summed E-state index contributed by atoms with van der Waals surface area (Å²) in [5, 5.41) is 0. The van der Waals surface area contributed by atoms with Gasteiger partial charge in [-0.15, -0.1) is 0 Å². The van der Waals surface area contributed by atoms with Crippen molar-refractivity contribution in [2.75, 3.05) is 0 Å². The molecule has 0 aliphatic heterocycles. The molecule has 0 radical (unpaired) electrons. The summed E-state index contributed by atoms with van der Waals surface area (Å²) in [5.74, 6) is 0. The van der Waals surface area contributed by atoms with Crippen molar-refractivity contribution < 1.29 is 0 Å². The first kappa shape index (κ1) is 13.2. The Hall–Kier alpha value is 0.247. The lowest BCUT2D eigenvalue weighted by molar-refractivity contribution is 0.674. The van der Waals surface area contributed by atoms with Crippen LogP contribution in [0.4, 0.5) is 0 Å². The molecule has 0 amide bonds. The van der Waals surface area contributed by atoms with Crippen molar-refractivity contribution in [2.45, 2.75) is 58.2 Å². The maximum atomic E-state index is 6.18. The molecule has 2 heteroatoms. The second-order valence-electron chi connectivity index (χ2n) is 4.24. The first-order valence-electron chi connectivity index (χ1n) is 5.40. The predicted molar refractivity (Wildman–Crippen MR) is 66.0 cm³/mol. The summed E-state index contributed by atoms with van der Waals surface area (Å²) in [6.07, 6.45) is 11.2. The molecule has 0 saturated heterocycles. The van der Waals surface area contributed by atoms with E-state index in [0.717, 1.165) is 6.04 Å². The van der Waals surface area contributed by atoms with E-state index in [4.69, 9.17) is 11.1 Å².